The Bertz CT molecular complexity index is 1320. The molecular formula is C29H40N4O5S2. The number of piperidine rings is 1. The maximum Gasteiger partial charge on any atom is 0.257 e. The molecule has 40 heavy (non-hydrogen) atoms. The fourth-order valence-corrected chi connectivity index (χ4v) is 9.06. The number of amides is 2. The predicted molar refractivity (Wildman–Crippen MR) is 156 cm³/mol. The lowest BCUT2D eigenvalue weighted by molar-refractivity contribution is 0.0302. The third kappa shape index (κ3) is 6.13. The van der Waals surface area contributed by atoms with Crippen LogP contribution < -0.4 is 5.32 Å². The number of fused-ring (bicyclic) bond motifs is 1. The Morgan fingerprint density at radius 1 is 1.05 bits per heavy atom. The molecule has 1 aromatic carbocycles. The maximum atomic E-state index is 13.7. The predicted octanol–water partition coefficient (Wildman–Crippen LogP) is 3.91. The van der Waals surface area contributed by atoms with Gasteiger partial charge in [-0.25, -0.2) is 8.42 Å². The molecule has 0 spiro atoms. The molecule has 2 unspecified atom stereocenters. The van der Waals surface area contributed by atoms with Gasteiger partial charge in [-0.3, -0.25) is 14.5 Å². The largest absolute Gasteiger partial charge is 0.378 e. The van der Waals surface area contributed by atoms with Gasteiger partial charge in [-0.1, -0.05) is 20.8 Å². The van der Waals surface area contributed by atoms with Crippen LogP contribution in [0.3, 0.4) is 0 Å². The highest BCUT2D eigenvalue weighted by molar-refractivity contribution is 7.89. The van der Waals surface area contributed by atoms with Gasteiger partial charge in [0.1, 0.15) is 5.00 Å². The van der Waals surface area contributed by atoms with Gasteiger partial charge in [0.15, 0.2) is 0 Å². The molecule has 218 valence electrons. The van der Waals surface area contributed by atoms with E-state index < -0.39 is 10.0 Å². The highest BCUT2D eigenvalue weighted by atomic mass is 32.2. The summed E-state index contributed by atoms with van der Waals surface area (Å²) in [5, 5.41) is 3.57. The molecule has 2 amide bonds. The van der Waals surface area contributed by atoms with Gasteiger partial charge < -0.3 is 15.0 Å². The molecule has 2 saturated heterocycles. The van der Waals surface area contributed by atoms with Crippen LogP contribution in [-0.2, 0) is 27.7 Å². The van der Waals surface area contributed by atoms with Crippen molar-refractivity contribution in [2.75, 3.05) is 57.8 Å². The first-order chi connectivity index (χ1) is 19.2. The van der Waals surface area contributed by atoms with E-state index in [-0.39, 0.29) is 16.7 Å². The average molecular weight is 589 g/mol. The molecule has 1 N–H and O–H groups in total. The van der Waals surface area contributed by atoms with Gasteiger partial charge >= 0.3 is 0 Å². The number of nitrogens with one attached hydrogen (secondary N) is 1. The van der Waals surface area contributed by atoms with Crippen LogP contribution >= 0.6 is 11.3 Å². The summed E-state index contributed by atoms with van der Waals surface area (Å²) in [6.45, 7) is 12.1. The highest BCUT2D eigenvalue weighted by Gasteiger charge is 2.33. The Balaban J connectivity index is 1.37. The molecule has 0 saturated carbocycles. The van der Waals surface area contributed by atoms with Crippen LogP contribution in [0.5, 0.6) is 0 Å². The first-order valence-corrected chi connectivity index (χ1v) is 16.6. The summed E-state index contributed by atoms with van der Waals surface area (Å²) < 4.78 is 33.6. The minimum absolute atomic E-state index is 0.0635. The van der Waals surface area contributed by atoms with Crippen molar-refractivity contribution in [1.29, 1.82) is 0 Å². The van der Waals surface area contributed by atoms with Crippen LogP contribution in [-0.4, -0.2) is 86.8 Å². The third-order valence-corrected chi connectivity index (χ3v) is 11.0. The second-order valence-electron chi connectivity index (χ2n) is 11.4. The molecule has 3 aliphatic rings. The zero-order chi connectivity index (χ0) is 28.4. The van der Waals surface area contributed by atoms with Crippen molar-refractivity contribution in [3.63, 3.8) is 0 Å². The summed E-state index contributed by atoms with van der Waals surface area (Å²) in [6.07, 6.45) is 2.85. The number of hydrogen-bond acceptors (Lipinski definition) is 7. The average Bonchev–Trinajstić information content (AvgIpc) is 3.29. The SMILES string of the molecule is CCCN1CCc2c(sc(NC(=O)c3ccc(S(=O)(=O)N4CC(C)CC(C)C4)cc3)c2C(=O)N2CCOCC2)C1. The monoisotopic (exact) mass is 588 g/mol. The van der Waals surface area contributed by atoms with Crippen molar-refractivity contribution in [3.05, 3.63) is 45.8 Å². The molecule has 0 radical (unpaired) electrons. The quantitative estimate of drug-likeness (QED) is 0.527. The van der Waals surface area contributed by atoms with E-state index in [9.17, 15) is 18.0 Å². The molecule has 2 atom stereocenters. The van der Waals surface area contributed by atoms with Crippen molar-refractivity contribution >= 4 is 38.2 Å². The topological polar surface area (TPSA) is 99.3 Å². The second kappa shape index (κ2) is 12.3. The van der Waals surface area contributed by atoms with E-state index in [1.807, 2.05) is 4.90 Å². The third-order valence-electron chi connectivity index (χ3n) is 8.00. The van der Waals surface area contributed by atoms with Crippen LogP contribution in [0.4, 0.5) is 5.00 Å². The highest BCUT2D eigenvalue weighted by Crippen LogP contribution is 2.38. The number of morpholine rings is 1. The molecular weight excluding hydrogens is 548 g/mol. The number of nitrogens with zero attached hydrogens (tertiary/aromatic N) is 3. The van der Waals surface area contributed by atoms with Crippen LogP contribution in [0, 0.1) is 11.8 Å². The minimum atomic E-state index is -3.63. The van der Waals surface area contributed by atoms with E-state index >= 15 is 0 Å². The van der Waals surface area contributed by atoms with E-state index in [4.69, 9.17) is 4.74 Å². The number of ether oxygens (including phenoxy) is 1. The molecule has 0 aliphatic carbocycles. The fraction of sp³-hybridized carbons (Fsp3) is 0.586. The first-order valence-electron chi connectivity index (χ1n) is 14.3. The number of thiophene rings is 1. The van der Waals surface area contributed by atoms with Gasteiger partial charge in [0.05, 0.1) is 23.7 Å². The summed E-state index contributed by atoms with van der Waals surface area (Å²) in [7, 11) is -3.63. The van der Waals surface area contributed by atoms with Crippen molar-refractivity contribution in [3.8, 4) is 0 Å². The van der Waals surface area contributed by atoms with Gasteiger partial charge in [0.2, 0.25) is 10.0 Å². The zero-order valence-electron chi connectivity index (χ0n) is 23.6. The fourth-order valence-electron chi connectivity index (χ4n) is 6.11. The number of rotatable bonds is 7. The van der Waals surface area contributed by atoms with E-state index in [1.54, 1.807) is 16.4 Å². The summed E-state index contributed by atoms with van der Waals surface area (Å²) in [6, 6.07) is 6.13. The molecule has 2 fully saturated rings. The number of carbonyl (C=O) groups is 2. The Kier molecular flexibility index (Phi) is 8.96. The van der Waals surface area contributed by atoms with E-state index in [0.717, 1.165) is 49.3 Å². The number of sulfonamides is 1. The van der Waals surface area contributed by atoms with Gasteiger partial charge in [-0.15, -0.1) is 11.3 Å². The van der Waals surface area contributed by atoms with Crippen LogP contribution in [0.15, 0.2) is 29.2 Å². The lowest BCUT2D eigenvalue weighted by atomic mass is 9.94. The van der Waals surface area contributed by atoms with Crippen molar-refractivity contribution in [2.45, 2.75) is 51.5 Å². The summed E-state index contributed by atoms with van der Waals surface area (Å²) in [4.78, 5) is 32.6. The van der Waals surface area contributed by atoms with E-state index in [1.165, 1.54) is 23.5 Å². The Labute approximate surface area is 241 Å². The maximum absolute atomic E-state index is 13.7. The lowest BCUT2D eigenvalue weighted by Crippen LogP contribution is -2.42. The summed E-state index contributed by atoms with van der Waals surface area (Å²) in [5.74, 6) is 0.197. The molecule has 4 heterocycles. The zero-order valence-corrected chi connectivity index (χ0v) is 25.3. The van der Waals surface area contributed by atoms with Crippen molar-refractivity contribution in [1.82, 2.24) is 14.1 Å². The molecule has 1 aromatic heterocycles. The van der Waals surface area contributed by atoms with E-state index in [0.29, 0.717) is 67.4 Å². The number of hydrogen-bond donors (Lipinski definition) is 1. The molecule has 2 aromatic rings. The van der Waals surface area contributed by atoms with Gasteiger partial charge in [0.25, 0.3) is 11.8 Å². The van der Waals surface area contributed by atoms with Crippen molar-refractivity contribution < 1.29 is 22.7 Å². The Hall–Kier alpha value is -2.31. The molecule has 11 heteroatoms. The van der Waals surface area contributed by atoms with Gasteiger partial charge in [-0.05, 0) is 67.5 Å². The minimum Gasteiger partial charge on any atom is -0.378 e. The summed E-state index contributed by atoms with van der Waals surface area (Å²) >= 11 is 1.48. The Morgan fingerprint density at radius 2 is 1.73 bits per heavy atom. The summed E-state index contributed by atoms with van der Waals surface area (Å²) in [5.41, 5.74) is 1.98. The standard InChI is InChI=1S/C29H40N4O5S2/c1-4-10-31-11-9-24-25(19-31)39-28(26(24)29(35)32-12-14-38-15-13-32)30-27(34)22-5-7-23(8-6-22)40(36,37)33-17-20(2)16-21(3)18-33/h5-8,20-21H,4,9-19H2,1-3H3,(H,30,34). The number of benzene rings is 1. The van der Waals surface area contributed by atoms with Crippen LogP contribution in [0.1, 0.15) is 64.8 Å². The molecule has 9 nitrogen and oxygen atoms in total. The van der Waals surface area contributed by atoms with Gasteiger partial charge in [-0.2, -0.15) is 4.31 Å². The number of carbonyl (C=O) groups excluding carboxylic acids is 2. The van der Waals surface area contributed by atoms with E-state index in [2.05, 4.69) is 31.0 Å². The molecule has 0 bridgehead atoms. The Morgan fingerprint density at radius 3 is 2.38 bits per heavy atom. The van der Waals surface area contributed by atoms with Crippen molar-refractivity contribution in [2.24, 2.45) is 11.8 Å². The van der Waals surface area contributed by atoms with Crippen LogP contribution in [0.2, 0.25) is 0 Å². The van der Waals surface area contributed by atoms with Gasteiger partial charge in [0, 0.05) is 49.7 Å². The molecule has 5 rings (SSSR count). The van der Waals surface area contributed by atoms with Crippen LogP contribution in [0.25, 0.3) is 0 Å². The smallest absolute Gasteiger partial charge is 0.257 e. The second-order valence-corrected chi connectivity index (χ2v) is 14.4. The lowest BCUT2D eigenvalue weighted by Gasteiger charge is -2.34. The molecule has 3 aliphatic heterocycles. The normalized spacial score (nSPS) is 22.6. The number of anilines is 1. The first kappa shape index (κ1) is 29.2.